The molecule has 1 aliphatic heterocycles. The fourth-order valence-electron chi connectivity index (χ4n) is 1.93. The predicted octanol–water partition coefficient (Wildman–Crippen LogP) is 0.290. The van der Waals surface area contributed by atoms with E-state index in [1.54, 1.807) is 0 Å². The molecule has 1 fully saturated rings. The van der Waals surface area contributed by atoms with Crippen molar-refractivity contribution in [2.45, 2.75) is 43.4 Å². The van der Waals surface area contributed by atoms with Crippen molar-refractivity contribution < 1.29 is 19.5 Å². The number of rotatable bonds is 7. The SMILES string of the molecule is NC(=O)CC[C@@H](NC(=O)NCC1CCCCS1)C(=O)O. The third-order valence-electron chi connectivity index (χ3n) is 3.05. The average molecular weight is 303 g/mol. The number of primary amides is 1. The van der Waals surface area contributed by atoms with Crippen molar-refractivity contribution in [1.82, 2.24) is 10.6 Å². The van der Waals surface area contributed by atoms with Crippen molar-refractivity contribution >= 4 is 29.7 Å². The Bertz CT molecular complexity index is 359. The number of thioether (sulfide) groups is 1. The highest BCUT2D eigenvalue weighted by molar-refractivity contribution is 7.99. The summed E-state index contributed by atoms with van der Waals surface area (Å²) in [5.74, 6) is -0.657. The van der Waals surface area contributed by atoms with Crippen LogP contribution in [0.5, 0.6) is 0 Å². The lowest BCUT2D eigenvalue weighted by atomic mass is 10.1. The van der Waals surface area contributed by atoms with Gasteiger partial charge in [0.1, 0.15) is 6.04 Å². The summed E-state index contributed by atoms with van der Waals surface area (Å²) in [5, 5.41) is 14.4. The molecule has 1 heterocycles. The Morgan fingerprint density at radius 2 is 2.10 bits per heavy atom. The molecule has 1 aliphatic rings. The highest BCUT2D eigenvalue weighted by atomic mass is 32.2. The van der Waals surface area contributed by atoms with Gasteiger partial charge in [0, 0.05) is 18.2 Å². The maximum atomic E-state index is 11.6. The van der Waals surface area contributed by atoms with Crippen LogP contribution in [0.1, 0.15) is 32.1 Å². The summed E-state index contributed by atoms with van der Waals surface area (Å²) in [6.07, 6.45) is 3.36. The number of amides is 3. The van der Waals surface area contributed by atoms with Gasteiger partial charge in [-0.2, -0.15) is 11.8 Å². The van der Waals surface area contributed by atoms with Crippen molar-refractivity contribution in [2.24, 2.45) is 5.73 Å². The largest absolute Gasteiger partial charge is 0.480 e. The number of urea groups is 1. The van der Waals surface area contributed by atoms with Crippen LogP contribution in [0.2, 0.25) is 0 Å². The zero-order valence-corrected chi connectivity index (χ0v) is 12.1. The first kappa shape index (κ1) is 16.6. The molecule has 0 saturated carbocycles. The number of nitrogens with one attached hydrogen (secondary N) is 2. The molecule has 20 heavy (non-hydrogen) atoms. The lowest BCUT2D eigenvalue weighted by molar-refractivity contribution is -0.139. The van der Waals surface area contributed by atoms with E-state index in [1.165, 1.54) is 6.42 Å². The van der Waals surface area contributed by atoms with Gasteiger partial charge in [0.05, 0.1) is 0 Å². The molecule has 0 aromatic heterocycles. The third-order valence-corrected chi connectivity index (χ3v) is 4.45. The Balaban J connectivity index is 2.29. The van der Waals surface area contributed by atoms with Crippen LogP contribution in [0.25, 0.3) is 0 Å². The summed E-state index contributed by atoms with van der Waals surface area (Å²) in [5.41, 5.74) is 4.96. The van der Waals surface area contributed by atoms with Gasteiger partial charge in [-0.1, -0.05) is 6.42 Å². The van der Waals surface area contributed by atoms with E-state index in [4.69, 9.17) is 10.8 Å². The maximum absolute atomic E-state index is 11.6. The van der Waals surface area contributed by atoms with E-state index in [9.17, 15) is 14.4 Å². The smallest absolute Gasteiger partial charge is 0.326 e. The highest BCUT2D eigenvalue weighted by Crippen LogP contribution is 2.24. The third kappa shape index (κ3) is 6.65. The molecular weight excluding hydrogens is 282 g/mol. The molecule has 0 radical (unpaired) electrons. The molecule has 0 aromatic carbocycles. The summed E-state index contributed by atoms with van der Waals surface area (Å²) in [7, 11) is 0. The van der Waals surface area contributed by atoms with Gasteiger partial charge >= 0.3 is 12.0 Å². The number of nitrogens with two attached hydrogens (primary N) is 1. The standard InChI is InChI=1S/C12H21N3O4S/c13-10(16)5-4-9(11(17)18)15-12(19)14-7-8-3-1-2-6-20-8/h8-9H,1-7H2,(H2,13,16)(H,17,18)(H2,14,15,19)/t8?,9-/m1/s1. The molecule has 3 amide bonds. The van der Waals surface area contributed by atoms with Gasteiger partial charge in [0.15, 0.2) is 0 Å². The van der Waals surface area contributed by atoms with Crippen LogP contribution < -0.4 is 16.4 Å². The van der Waals surface area contributed by atoms with Crippen LogP contribution in [-0.2, 0) is 9.59 Å². The minimum atomic E-state index is -1.17. The number of carboxylic acid groups (broad SMARTS) is 1. The Hall–Kier alpha value is -1.44. The van der Waals surface area contributed by atoms with E-state index in [2.05, 4.69) is 10.6 Å². The molecule has 7 nitrogen and oxygen atoms in total. The van der Waals surface area contributed by atoms with E-state index in [1.807, 2.05) is 11.8 Å². The van der Waals surface area contributed by atoms with Gasteiger partial charge in [-0.05, 0) is 25.0 Å². The monoisotopic (exact) mass is 303 g/mol. The van der Waals surface area contributed by atoms with Gasteiger partial charge in [-0.15, -0.1) is 0 Å². The Labute approximate surface area is 122 Å². The van der Waals surface area contributed by atoms with Crippen LogP contribution in [-0.4, -0.2) is 46.6 Å². The van der Waals surface area contributed by atoms with Crippen molar-refractivity contribution in [3.63, 3.8) is 0 Å². The lowest BCUT2D eigenvalue weighted by Gasteiger charge is -2.22. The molecule has 0 bridgehead atoms. The summed E-state index contributed by atoms with van der Waals surface area (Å²) in [4.78, 5) is 33.2. The molecule has 8 heteroatoms. The van der Waals surface area contributed by atoms with Gasteiger partial charge in [-0.3, -0.25) is 4.79 Å². The minimum absolute atomic E-state index is 0.00371. The molecule has 0 aliphatic carbocycles. The summed E-state index contributed by atoms with van der Waals surface area (Å²) < 4.78 is 0. The van der Waals surface area contributed by atoms with Crippen LogP contribution >= 0.6 is 11.8 Å². The Morgan fingerprint density at radius 1 is 1.35 bits per heavy atom. The number of carboxylic acids is 1. The highest BCUT2D eigenvalue weighted by Gasteiger charge is 2.21. The van der Waals surface area contributed by atoms with E-state index >= 15 is 0 Å². The topological polar surface area (TPSA) is 122 Å². The lowest BCUT2D eigenvalue weighted by Crippen LogP contribution is -2.47. The van der Waals surface area contributed by atoms with E-state index in [-0.39, 0.29) is 12.8 Å². The number of carbonyl (C=O) groups excluding carboxylic acids is 2. The van der Waals surface area contributed by atoms with Crippen molar-refractivity contribution in [3.8, 4) is 0 Å². The first-order valence-corrected chi connectivity index (χ1v) is 7.71. The average Bonchev–Trinajstić information content (AvgIpc) is 2.41. The van der Waals surface area contributed by atoms with Gasteiger partial charge in [0.25, 0.3) is 0 Å². The van der Waals surface area contributed by atoms with Crippen LogP contribution in [0.15, 0.2) is 0 Å². The molecule has 0 spiro atoms. The van der Waals surface area contributed by atoms with Gasteiger partial charge < -0.3 is 21.5 Å². The van der Waals surface area contributed by atoms with E-state index in [0.29, 0.717) is 11.8 Å². The van der Waals surface area contributed by atoms with Crippen LogP contribution in [0, 0.1) is 0 Å². The molecule has 2 atom stereocenters. The van der Waals surface area contributed by atoms with Crippen LogP contribution in [0.3, 0.4) is 0 Å². The minimum Gasteiger partial charge on any atom is -0.480 e. The Kier molecular flexibility index (Phi) is 7.21. The second kappa shape index (κ2) is 8.68. The summed E-state index contributed by atoms with van der Waals surface area (Å²) >= 11 is 1.82. The fourth-order valence-corrected chi connectivity index (χ4v) is 3.17. The number of carbonyl (C=O) groups is 3. The summed E-state index contributed by atoms with van der Waals surface area (Å²) in [6.45, 7) is 0.526. The maximum Gasteiger partial charge on any atom is 0.326 e. The first-order valence-electron chi connectivity index (χ1n) is 6.66. The number of hydrogen-bond donors (Lipinski definition) is 4. The quantitative estimate of drug-likeness (QED) is 0.538. The zero-order valence-electron chi connectivity index (χ0n) is 11.3. The normalized spacial score (nSPS) is 19.9. The van der Waals surface area contributed by atoms with Crippen LogP contribution in [0.4, 0.5) is 4.79 Å². The number of hydrogen-bond acceptors (Lipinski definition) is 4. The summed E-state index contributed by atoms with van der Waals surface area (Å²) in [6, 6.07) is -1.62. The molecule has 5 N–H and O–H groups in total. The van der Waals surface area contributed by atoms with E-state index in [0.717, 1.165) is 18.6 Å². The second-order valence-electron chi connectivity index (χ2n) is 4.74. The second-order valence-corrected chi connectivity index (χ2v) is 6.15. The molecule has 1 saturated heterocycles. The van der Waals surface area contributed by atoms with Gasteiger partial charge in [-0.25, -0.2) is 9.59 Å². The fraction of sp³-hybridized carbons (Fsp3) is 0.750. The molecule has 1 unspecified atom stereocenters. The molecule has 1 rings (SSSR count). The molecule has 114 valence electrons. The van der Waals surface area contributed by atoms with Crippen molar-refractivity contribution in [2.75, 3.05) is 12.3 Å². The predicted molar refractivity (Wildman–Crippen MR) is 76.5 cm³/mol. The zero-order chi connectivity index (χ0) is 15.0. The molecular formula is C12H21N3O4S. The Morgan fingerprint density at radius 3 is 2.65 bits per heavy atom. The number of aliphatic carboxylic acids is 1. The first-order chi connectivity index (χ1) is 9.49. The van der Waals surface area contributed by atoms with E-state index < -0.39 is 23.9 Å². The van der Waals surface area contributed by atoms with Crippen molar-refractivity contribution in [3.05, 3.63) is 0 Å². The molecule has 0 aromatic rings. The van der Waals surface area contributed by atoms with Gasteiger partial charge in [0.2, 0.25) is 5.91 Å². The van der Waals surface area contributed by atoms with Crippen molar-refractivity contribution in [1.29, 1.82) is 0 Å².